The number of hydrogen-bond acceptors (Lipinski definition) is 7. The first-order valence-corrected chi connectivity index (χ1v) is 14.5. The van der Waals surface area contributed by atoms with Gasteiger partial charge in [-0.25, -0.2) is 4.79 Å². The standard InChI is InChI=1S/C34H38N4O4/c1-4-42-34(41)27-10-12-29(24(2)20-27)30(23-39)33(25-8-6-5-7-9-25)35-28-11-13-31-26(21-28)14-15-38(31)32(40)22-37-18-16-36(3)17-19-37/h5-13,20-21,23,35H,4,14-19,22H2,1-3H3/b33-30+. The molecule has 1 fully saturated rings. The number of likely N-dealkylation sites (N-methyl/N-ethyl adjacent to an activating group) is 1. The molecule has 3 aromatic rings. The van der Waals surface area contributed by atoms with E-state index >= 15 is 0 Å². The number of rotatable bonds is 9. The minimum atomic E-state index is -0.389. The van der Waals surface area contributed by atoms with Crippen LogP contribution >= 0.6 is 0 Å². The van der Waals surface area contributed by atoms with E-state index in [2.05, 4.69) is 28.2 Å². The van der Waals surface area contributed by atoms with Crippen LogP contribution in [0.4, 0.5) is 11.4 Å². The fourth-order valence-electron chi connectivity index (χ4n) is 5.63. The monoisotopic (exact) mass is 566 g/mol. The van der Waals surface area contributed by atoms with Crippen molar-refractivity contribution in [2.75, 3.05) is 63.1 Å². The molecule has 8 nitrogen and oxygen atoms in total. The topological polar surface area (TPSA) is 82.2 Å². The number of piperazine rings is 1. The molecule has 0 spiro atoms. The van der Waals surface area contributed by atoms with Gasteiger partial charge in [-0.05, 0) is 79.9 Å². The van der Waals surface area contributed by atoms with Crippen molar-refractivity contribution in [1.82, 2.24) is 9.80 Å². The molecule has 1 amide bonds. The van der Waals surface area contributed by atoms with E-state index in [0.29, 0.717) is 36.5 Å². The molecule has 0 aromatic heterocycles. The summed E-state index contributed by atoms with van der Waals surface area (Å²) in [6.45, 7) is 8.82. The van der Waals surface area contributed by atoms with Gasteiger partial charge in [0.2, 0.25) is 5.91 Å². The summed E-state index contributed by atoms with van der Waals surface area (Å²) in [5.74, 6) is -0.256. The minimum absolute atomic E-state index is 0.133. The Morgan fingerprint density at radius 1 is 0.929 bits per heavy atom. The third-order valence-corrected chi connectivity index (χ3v) is 7.98. The summed E-state index contributed by atoms with van der Waals surface area (Å²) in [4.78, 5) is 44.5. The van der Waals surface area contributed by atoms with Gasteiger partial charge in [-0.1, -0.05) is 36.4 Å². The molecule has 5 rings (SSSR count). The summed E-state index contributed by atoms with van der Waals surface area (Å²) >= 11 is 0. The number of ether oxygens (including phenoxy) is 1. The zero-order valence-electron chi connectivity index (χ0n) is 24.6. The average molecular weight is 567 g/mol. The van der Waals surface area contributed by atoms with Crippen molar-refractivity contribution in [2.45, 2.75) is 20.3 Å². The number of aldehydes is 1. The van der Waals surface area contributed by atoms with Gasteiger partial charge in [0.25, 0.3) is 0 Å². The van der Waals surface area contributed by atoms with Crippen LogP contribution in [-0.4, -0.2) is 80.9 Å². The smallest absolute Gasteiger partial charge is 0.338 e. The van der Waals surface area contributed by atoms with Gasteiger partial charge in [0.05, 0.1) is 24.4 Å². The zero-order chi connectivity index (χ0) is 29.6. The summed E-state index contributed by atoms with van der Waals surface area (Å²) in [5.41, 5.74) is 6.86. The van der Waals surface area contributed by atoms with E-state index in [1.165, 1.54) is 0 Å². The van der Waals surface area contributed by atoms with Gasteiger partial charge >= 0.3 is 5.97 Å². The van der Waals surface area contributed by atoms with E-state index in [1.54, 1.807) is 25.1 Å². The number of allylic oxidation sites excluding steroid dienone is 1. The van der Waals surface area contributed by atoms with E-state index in [0.717, 1.165) is 72.5 Å². The lowest BCUT2D eigenvalue weighted by atomic mass is 9.95. The molecule has 3 aromatic carbocycles. The largest absolute Gasteiger partial charge is 0.462 e. The molecule has 1 saturated heterocycles. The Morgan fingerprint density at radius 2 is 1.69 bits per heavy atom. The minimum Gasteiger partial charge on any atom is -0.462 e. The second kappa shape index (κ2) is 13.1. The van der Waals surface area contributed by atoms with Gasteiger partial charge in [-0.15, -0.1) is 0 Å². The maximum Gasteiger partial charge on any atom is 0.338 e. The lowest BCUT2D eigenvalue weighted by Crippen LogP contribution is -2.48. The van der Waals surface area contributed by atoms with Crippen LogP contribution in [0.2, 0.25) is 0 Å². The van der Waals surface area contributed by atoms with Crippen LogP contribution in [0.15, 0.2) is 66.7 Å². The highest BCUT2D eigenvalue weighted by molar-refractivity contribution is 6.19. The van der Waals surface area contributed by atoms with Crippen molar-refractivity contribution < 1.29 is 19.1 Å². The average Bonchev–Trinajstić information content (AvgIpc) is 3.43. The molecule has 2 heterocycles. The molecule has 0 saturated carbocycles. The molecular weight excluding hydrogens is 528 g/mol. The Hall–Kier alpha value is -4.27. The highest BCUT2D eigenvalue weighted by Gasteiger charge is 2.27. The Kier molecular flexibility index (Phi) is 9.15. The fourth-order valence-corrected chi connectivity index (χ4v) is 5.63. The number of carbonyl (C=O) groups excluding carboxylic acids is 3. The Morgan fingerprint density at radius 3 is 2.38 bits per heavy atom. The third kappa shape index (κ3) is 6.45. The summed E-state index contributed by atoms with van der Waals surface area (Å²) < 4.78 is 5.14. The third-order valence-electron chi connectivity index (χ3n) is 7.98. The highest BCUT2D eigenvalue weighted by Crippen LogP contribution is 2.34. The number of aryl methyl sites for hydroxylation is 1. The normalized spacial score (nSPS) is 16.0. The fraction of sp³-hybridized carbons (Fsp3) is 0.324. The van der Waals surface area contributed by atoms with Crippen LogP contribution in [0, 0.1) is 6.92 Å². The van der Waals surface area contributed by atoms with Crippen molar-refractivity contribution in [3.8, 4) is 0 Å². The van der Waals surface area contributed by atoms with E-state index in [4.69, 9.17) is 4.74 Å². The SMILES string of the molecule is CCOC(=O)c1ccc(/C(C=O)=C(/Nc2ccc3c(c2)CCN3C(=O)CN2CCN(C)CC2)c2ccccc2)c(C)c1. The Bertz CT molecular complexity index is 1490. The zero-order valence-corrected chi connectivity index (χ0v) is 24.6. The first-order chi connectivity index (χ1) is 20.4. The molecular formula is C34H38N4O4. The molecule has 2 aliphatic rings. The maximum absolute atomic E-state index is 13.2. The second-order valence-electron chi connectivity index (χ2n) is 10.9. The van der Waals surface area contributed by atoms with Crippen LogP contribution in [0.25, 0.3) is 11.3 Å². The Balaban J connectivity index is 1.42. The number of amides is 1. The number of nitrogens with one attached hydrogen (secondary N) is 1. The predicted octanol–water partition coefficient (Wildman–Crippen LogP) is 4.49. The van der Waals surface area contributed by atoms with Crippen molar-refractivity contribution in [3.05, 3.63) is 94.5 Å². The van der Waals surface area contributed by atoms with Crippen LogP contribution in [0.1, 0.15) is 39.5 Å². The lowest BCUT2D eigenvalue weighted by Gasteiger charge is -2.32. The van der Waals surface area contributed by atoms with E-state index in [1.807, 2.05) is 54.3 Å². The van der Waals surface area contributed by atoms with Crippen molar-refractivity contribution in [1.29, 1.82) is 0 Å². The van der Waals surface area contributed by atoms with Gasteiger partial charge in [0, 0.05) is 49.7 Å². The summed E-state index contributed by atoms with van der Waals surface area (Å²) in [6, 6.07) is 21.0. The van der Waals surface area contributed by atoms with Crippen LogP contribution < -0.4 is 10.2 Å². The number of benzene rings is 3. The first-order valence-electron chi connectivity index (χ1n) is 14.5. The van der Waals surface area contributed by atoms with Gasteiger partial charge in [0.1, 0.15) is 0 Å². The molecule has 1 N–H and O–H groups in total. The van der Waals surface area contributed by atoms with Crippen LogP contribution in [-0.2, 0) is 20.7 Å². The molecule has 0 unspecified atom stereocenters. The quantitative estimate of drug-likeness (QED) is 0.177. The van der Waals surface area contributed by atoms with Crippen LogP contribution in [0.3, 0.4) is 0 Å². The molecule has 0 bridgehead atoms. The molecule has 2 aliphatic heterocycles. The molecule has 42 heavy (non-hydrogen) atoms. The number of hydrogen-bond donors (Lipinski definition) is 1. The van der Waals surface area contributed by atoms with Gasteiger partial charge in [-0.3, -0.25) is 14.5 Å². The van der Waals surface area contributed by atoms with Crippen LogP contribution in [0.5, 0.6) is 0 Å². The molecule has 0 atom stereocenters. The predicted molar refractivity (Wildman–Crippen MR) is 167 cm³/mol. The van der Waals surface area contributed by atoms with E-state index < -0.39 is 0 Å². The van der Waals surface area contributed by atoms with Gasteiger partial charge < -0.3 is 19.9 Å². The summed E-state index contributed by atoms with van der Waals surface area (Å²) in [5, 5.41) is 3.51. The van der Waals surface area contributed by atoms with Crippen molar-refractivity contribution in [3.63, 3.8) is 0 Å². The number of nitrogens with zero attached hydrogens (tertiary/aromatic N) is 3. The van der Waals surface area contributed by atoms with E-state index in [-0.39, 0.29) is 11.9 Å². The van der Waals surface area contributed by atoms with Crippen molar-refractivity contribution in [2.24, 2.45) is 0 Å². The molecule has 8 heteroatoms. The highest BCUT2D eigenvalue weighted by atomic mass is 16.5. The Labute approximate surface area is 247 Å². The van der Waals surface area contributed by atoms with Gasteiger partial charge in [-0.2, -0.15) is 0 Å². The van der Waals surface area contributed by atoms with Crippen molar-refractivity contribution >= 4 is 40.8 Å². The molecule has 0 aliphatic carbocycles. The summed E-state index contributed by atoms with van der Waals surface area (Å²) in [7, 11) is 2.11. The maximum atomic E-state index is 13.2. The van der Waals surface area contributed by atoms with Gasteiger partial charge in [0.15, 0.2) is 6.29 Å². The summed E-state index contributed by atoms with van der Waals surface area (Å²) in [6.07, 6.45) is 1.63. The lowest BCUT2D eigenvalue weighted by molar-refractivity contribution is -0.120. The number of fused-ring (bicyclic) bond motifs is 1. The number of anilines is 2. The van der Waals surface area contributed by atoms with E-state index in [9.17, 15) is 14.4 Å². The number of carbonyl (C=O) groups is 3. The second-order valence-corrected chi connectivity index (χ2v) is 10.9. The number of esters is 1. The first kappa shape index (κ1) is 29.2. The molecule has 0 radical (unpaired) electrons. The molecule has 218 valence electrons.